The molecule has 0 saturated carbocycles. The maximum absolute atomic E-state index is 12.9. The number of aromatic nitrogens is 3. The highest BCUT2D eigenvalue weighted by Crippen LogP contribution is 2.32. The molecular formula is C15H16F3N5O3S. The second kappa shape index (κ2) is 7.27. The van der Waals surface area contributed by atoms with E-state index >= 15 is 0 Å². The first-order valence-corrected chi connectivity index (χ1v) is 9.38. The lowest BCUT2D eigenvalue weighted by molar-refractivity contribution is -0.122. The molecule has 0 fully saturated rings. The third-order valence-corrected chi connectivity index (χ3v) is 5.64. The van der Waals surface area contributed by atoms with Crippen molar-refractivity contribution in [3.63, 3.8) is 0 Å². The number of alkyl halides is 3. The summed E-state index contributed by atoms with van der Waals surface area (Å²) in [4.78, 5) is 16.3. The second-order valence-electron chi connectivity index (χ2n) is 5.97. The summed E-state index contributed by atoms with van der Waals surface area (Å²) in [6.45, 7) is -0.787. The van der Waals surface area contributed by atoms with Crippen molar-refractivity contribution in [3.05, 3.63) is 48.0 Å². The van der Waals surface area contributed by atoms with Gasteiger partial charge in [0.15, 0.2) is 0 Å². The van der Waals surface area contributed by atoms with Gasteiger partial charge in [-0.25, -0.2) is 8.42 Å². The van der Waals surface area contributed by atoms with Crippen molar-refractivity contribution in [2.45, 2.75) is 31.1 Å². The molecule has 1 atom stereocenters. The van der Waals surface area contributed by atoms with Crippen LogP contribution >= 0.6 is 0 Å². The van der Waals surface area contributed by atoms with E-state index in [1.807, 2.05) is 0 Å². The smallest absolute Gasteiger partial charge is 0.350 e. The number of amides is 1. The first-order chi connectivity index (χ1) is 12.7. The fourth-order valence-electron chi connectivity index (χ4n) is 2.81. The number of fused-ring (bicyclic) bond motifs is 1. The van der Waals surface area contributed by atoms with E-state index < -0.39 is 40.6 Å². The summed E-state index contributed by atoms with van der Waals surface area (Å²) in [6.07, 6.45) is 2.71. The minimum atomic E-state index is -5.49. The Morgan fingerprint density at radius 3 is 2.70 bits per heavy atom. The molecule has 1 N–H and O–H groups in total. The first kappa shape index (κ1) is 19.3. The van der Waals surface area contributed by atoms with Gasteiger partial charge in [-0.05, 0) is 18.2 Å². The highest BCUT2D eigenvalue weighted by Gasteiger charge is 2.51. The number of halogens is 3. The van der Waals surface area contributed by atoms with Crippen molar-refractivity contribution in [2.75, 3.05) is 6.54 Å². The number of carbonyl (C=O) groups is 1. The number of nitrogens with zero attached hydrogens (tertiary/aromatic N) is 4. The van der Waals surface area contributed by atoms with Gasteiger partial charge in [0.2, 0.25) is 5.91 Å². The molecule has 1 aliphatic rings. The number of nitrogens with one attached hydrogen (secondary N) is 1. The Morgan fingerprint density at radius 2 is 2.04 bits per heavy atom. The molecule has 0 radical (unpaired) electrons. The third-order valence-electron chi connectivity index (χ3n) is 4.10. The van der Waals surface area contributed by atoms with Gasteiger partial charge in [-0.2, -0.15) is 22.6 Å². The van der Waals surface area contributed by atoms with Gasteiger partial charge in [0.1, 0.15) is 0 Å². The van der Waals surface area contributed by atoms with Gasteiger partial charge >= 0.3 is 15.5 Å². The van der Waals surface area contributed by atoms with Gasteiger partial charge in [-0.15, -0.1) is 0 Å². The molecule has 1 aliphatic heterocycles. The normalized spacial score (nSPS) is 18.1. The van der Waals surface area contributed by atoms with E-state index in [9.17, 15) is 26.4 Å². The molecule has 0 aromatic carbocycles. The van der Waals surface area contributed by atoms with Gasteiger partial charge in [0.05, 0.1) is 36.9 Å². The zero-order chi connectivity index (χ0) is 19.7. The number of rotatable bonds is 5. The van der Waals surface area contributed by atoms with Crippen molar-refractivity contribution in [2.24, 2.45) is 0 Å². The van der Waals surface area contributed by atoms with E-state index in [0.717, 1.165) is 0 Å². The van der Waals surface area contributed by atoms with Crippen LogP contribution in [0.25, 0.3) is 0 Å². The maximum Gasteiger partial charge on any atom is 0.511 e. The van der Waals surface area contributed by atoms with Crippen molar-refractivity contribution >= 4 is 15.9 Å². The van der Waals surface area contributed by atoms with Crippen LogP contribution < -0.4 is 5.32 Å². The van der Waals surface area contributed by atoms with Crippen molar-refractivity contribution in [1.82, 2.24) is 24.4 Å². The Bertz CT molecular complexity index is 914. The zero-order valence-electron chi connectivity index (χ0n) is 13.9. The molecule has 1 unspecified atom stereocenters. The average molecular weight is 403 g/mol. The van der Waals surface area contributed by atoms with Crippen LogP contribution in [0, 0.1) is 0 Å². The van der Waals surface area contributed by atoms with Crippen LogP contribution in [-0.4, -0.2) is 45.4 Å². The minimum Gasteiger partial charge on any atom is -0.350 e. The molecular weight excluding hydrogens is 387 g/mol. The number of pyridine rings is 1. The molecule has 0 spiro atoms. The highest BCUT2D eigenvalue weighted by molar-refractivity contribution is 7.89. The lowest BCUT2D eigenvalue weighted by Crippen LogP contribution is -2.47. The summed E-state index contributed by atoms with van der Waals surface area (Å²) in [5.74, 6) is -0.446. The van der Waals surface area contributed by atoms with E-state index in [-0.39, 0.29) is 18.7 Å². The lowest BCUT2D eigenvalue weighted by atomic mass is 10.1. The van der Waals surface area contributed by atoms with E-state index in [4.69, 9.17) is 0 Å². The van der Waals surface area contributed by atoms with E-state index in [0.29, 0.717) is 10.00 Å². The number of hydrogen-bond acceptors (Lipinski definition) is 5. The van der Waals surface area contributed by atoms with Crippen LogP contribution in [0.4, 0.5) is 13.2 Å². The fraction of sp³-hybridized carbons (Fsp3) is 0.400. The van der Waals surface area contributed by atoms with Crippen molar-refractivity contribution in [3.8, 4) is 0 Å². The molecule has 1 amide bonds. The molecule has 2 aromatic rings. The Labute approximate surface area is 153 Å². The molecule has 12 heteroatoms. The van der Waals surface area contributed by atoms with Crippen LogP contribution in [0.5, 0.6) is 0 Å². The average Bonchev–Trinajstić information content (AvgIpc) is 3.09. The summed E-state index contributed by atoms with van der Waals surface area (Å²) in [7, 11) is -5.49. The largest absolute Gasteiger partial charge is 0.511 e. The van der Waals surface area contributed by atoms with Gasteiger partial charge in [-0.1, -0.05) is 6.07 Å². The predicted octanol–water partition coefficient (Wildman–Crippen LogP) is 1.19. The Balaban J connectivity index is 1.72. The topological polar surface area (TPSA) is 97.2 Å². The number of carbonyl (C=O) groups excluding carboxylic acids is 1. The molecule has 0 bridgehead atoms. The standard InChI is InChI=1S/C15H16F3N5O3S/c16-15(17,18)27(25,26)22-9-12-4-6-21-23(12)13(10-22)7-14(24)20-8-11-3-1-2-5-19-11/h1-6,13H,7-10H2,(H,20,24). The summed E-state index contributed by atoms with van der Waals surface area (Å²) in [5, 5.41) is 6.63. The third kappa shape index (κ3) is 4.11. The van der Waals surface area contributed by atoms with Crippen LogP contribution in [-0.2, 0) is 27.9 Å². The first-order valence-electron chi connectivity index (χ1n) is 7.94. The Hall–Kier alpha value is -2.47. The molecule has 0 aliphatic carbocycles. The maximum atomic E-state index is 12.9. The molecule has 27 heavy (non-hydrogen) atoms. The van der Waals surface area contributed by atoms with Gasteiger partial charge in [-0.3, -0.25) is 14.5 Å². The summed E-state index contributed by atoms with van der Waals surface area (Å²) in [5.41, 5.74) is -4.49. The molecule has 8 nitrogen and oxygen atoms in total. The van der Waals surface area contributed by atoms with Crippen LogP contribution in [0.3, 0.4) is 0 Å². The van der Waals surface area contributed by atoms with E-state index in [1.165, 1.54) is 16.9 Å². The predicted molar refractivity (Wildman–Crippen MR) is 87.3 cm³/mol. The van der Waals surface area contributed by atoms with Crippen molar-refractivity contribution in [1.29, 1.82) is 0 Å². The lowest BCUT2D eigenvalue weighted by Gasteiger charge is -2.33. The Kier molecular flexibility index (Phi) is 5.20. The monoisotopic (exact) mass is 403 g/mol. The number of sulfonamides is 1. The van der Waals surface area contributed by atoms with Gasteiger partial charge in [0, 0.05) is 18.9 Å². The Morgan fingerprint density at radius 1 is 1.26 bits per heavy atom. The van der Waals surface area contributed by atoms with Gasteiger partial charge < -0.3 is 5.32 Å². The fourth-order valence-corrected chi connectivity index (χ4v) is 3.78. The van der Waals surface area contributed by atoms with Crippen LogP contribution in [0.15, 0.2) is 36.7 Å². The second-order valence-corrected chi connectivity index (χ2v) is 7.90. The summed E-state index contributed by atoms with van der Waals surface area (Å²) < 4.78 is 63.9. The van der Waals surface area contributed by atoms with Crippen molar-refractivity contribution < 1.29 is 26.4 Å². The molecule has 2 aromatic heterocycles. The molecule has 3 heterocycles. The minimum absolute atomic E-state index is 0.156. The van der Waals surface area contributed by atoms with Gasteiger partial charge in [0.25, 0.3) is 0 Å². The number of hydrogen-bond donors (Lipinski definition) is 1. The SMILES string of the molecule is O=C(CC1CN(S(=O)(=O)C(F)(F)F)Cc2ccnn21)NCc1ccccn1. The molecule has 3 rings (SSSR count). The zero-order valence-corrected chi connectivity index (χ0v) is 14.7. The molecule has 0 saturated heterocycles. The molecule has 146 valence electrons. The highest BCUT2D eigenvalue weighted by atomic mass is 32.2. The van der Waals surface area contributed by atoms with Crippen LogP contribution in [0.2, 0.25) is 0 Å². The van der Waals surface area contributed by atoms with E-state index in [2.05, 4.69) is 15.4 Å². The van der Waals surface area contributed by atoms with Crippen LogP contribution in [0.1, 0.15) is 23.9 Å². The van der Waals surface area contributed by atoms with E-state index in [1.54, 1.807) is 24.4 Å². The summed E-state index contributed by atoms with van der Waals surface area (Å²) >= 11 is 0. The summed E-state index contributed by atoms with van der Waals surface area (Å²) in [6, 6.07) is 5.78. The quantitative estimate of drug-likeness (QED) is 0.809.